The molecule has 0 amide bonds. The lowest BCUT2D eigenvalue weighted by molar-refractivity contribution is 0.408. The summed E-state index contributed by atoms with van der Waals surface area (Å²) < 4.78 is 35.6. The first-order chi connectivity index (χ1) is 13.4. The third-order valence-corrected chi connectivity index (χ3v) is 5.82. The van der Waals surface area contributed by atoms with Gasteiger partial charge in [0, 0.05) is 6.54 Å². The molecule has 1 unspecified atom stereocenters. The van der Waals surface area contributed by atoms with Crippen LogP contribution in [-0.4, -0.2) is 18.0 Å². The summed E-state index contributed by atoms with van der Waals surface area (Å²) in [6, 6.07) is 16.8. The van der Waals surface area contributed by atoms with E-state index in [1.165, 1.54) is 0 Å². The van der Waals surface area contributed by atoms with Gasteiger partial charge in [0.05, 0.1) is 23.7 Å². The van der Waals surface area contributed by atoms with Crippen molar-refractivity contribution in [3.05, 3.63) is 77.6 Å². The van der Waals surface area contributed by atoms with Gasteiger partial charge in [0.25, 0.3) is 0 Å². The highest BCUT2D eigenvalue weighted by molar-refractivity contribution is 7.88. The molecule has 0 spiro atoms. The fraction of sp³-hybridized carbons (Fsp3) is 0.286. The smallest absolute Gasteiger partial charge is 0.302 e. The minimum atomic E-state index is -3.49. The summed E-state index contributed by atoms with van der Waals surface area (Å²) in [7, 11) is -3.49. The van der Waals surface area contributed by atoms with E-state index in [-0.39, 0.29) is 5.75 Å². The molecule has 0 saturated heterocycles. The van der Waals surface area contributed by atoms with E-state index in [2.05, 4.69) is 9.71 Å². The second-order valence-corrected chi connectivity index (χ2v) is 8.46. The standard InChI is InChI=1S/C21H25N3O3S/c1-4-24-20(14-22-21(24)27-19-12-10-16(2)11-13-19)17(3)23-28(25,26)15-18-8-6-5-7-9-18/h5-14,17,23H,4,15H2,1-3H3. The monoisotopic (exact) mass is 399 g/mol. The van der Waals surface area contributed by atoms with Gasteiger partial charge in [-0.2, -0.15) is 0 Å². The molecule has 1 heterocycles. The fourth-order valence-corrected chi connectivity index (χ4v) is 4.37. The number of benzene rings is 2. The Morgan fingerprint density at radius 2 is 1.79 bits per heavy atom. The first-order valence-electron chi connectivity index (χ1n) is 9.22. The summed E-state index contributed by atoms with van der Waals surface area (Å²) in [6.45, 7) is 6.40. The lowest BCUT2D eigenvalue weighted by Gasteiger charge is -2.17. The van der Waals surface area contributed by atoms with Gasteiger partial charge in [-0.15, -0.1) is 0 Å². The molecule has 1 N–H and O–H groups in total. The Morgan fingerprint density at radius 3 is 2.43 bits per heavy atom. The van der Waals surface area contributed by atoms with Crippen LogP contribution in [0.4, 0.5) is 0 Å². The van der Waals surface area contributed by atoms with Crippen molar-refractivity contribution in [3.8, 4) is 11.8 Å². The largest absolute Gasteiger partial charge is 0.426 e. The molecule has 0 saturated carbocycles. The highest BCUT2D eigenvalue weighted by Crippen LogP contribution is 2.25. The molecular weight excluding hydrogens is 374 g/mol. The Morgan fingerprint density at radius 1 is 1.11 bits per heavy atom. The van der Waals surface area contributed by atoms with Gasteiger partial charge in [-0.3, -0.25) is 4.57 Å². The van der Waals surface area contributed by atoms with Crippen LogP contribution in [0.1, 0.15) is 36.7 Å². The summed E-state index contributed by atoms with van der Waals surface area (Å²) in [4.78, 5) is 4.35. The van der Waals surface area contributed by atoms with E-state index in [4.69, 9.17) is 4.74 Å². The predicted molar refractivity (Wildman–Crippen MR) is 110 cm³/mol. The van der Waals surface area contributed by atoms with E-state index in [9.17, 15) is 8.42 Å². The molecule has 0 fully saturated rings. The Kier molecular flexibility index (Phi) is 6.16. The van der Waals surface area contributed by atoms with Gasteiger partial charge >= 0.3 is 6.01 Å². The lowest BCUT2D eigenvalue weighted by Crippen LogP contribution is -2.29. The van der Waals surface area contributed by atoms with Crippen LogP contribution in [0.15, 0.2) is 60.8 Å². The maximum absolute atomic E-state index is 12.5. The van der Waals surface area contributed by atoms with E-state index in [1.807, 2.05) is 60.9 Å². The number of aromatic nitrogens is 2. The first kappa shape index (κ1) is 20.1. The molecule has 6 nitrogen and oxygen atoms in total. The van der Waals surface area contributed by atoms with Crippen molar-refractivity contribution in [1.82, 2.24) is 14.3 Å². The van der Waals surface area contributed by atoms with Crippen molar-refractivity contribution in [2.45, 2.75) is 39.1 Å². The van der Waals surface area contributed by atoms with Crippen LogP contribution in [0.25, 0.3) is 0 Å². The average molecular weight is 400 g/mol. The zero-order chi connectivity index (χ0) is 20.1. The van der Waals surface area contributed by atoms with E-state index in [0.29, 0.717) is 18.3 Å². The lowest BCUT2D eigenvalue weighted by atomic mass is 10.2. The number of hydrogen-bond acceptors (Lipinski definition) is 4. The normalized spacial score (nSPS) is 12.7. The average Bonchev–Trinajstić information content (AvgIpc) is 3.06. The third kappa shape index (κ3) is 4.99. The number of hydrogen-bond donors (Lipinski definition) is 1. The van der Waals surface area contributed by atoms with Gasteiger partial charge in [0.1, 0.15) is 5.75 Å². The molecular formula is C21H25N3O3S. The van der Waals surface area contributed by atoms with Crippen LogP contribution in [0.3, 0.4) is 0 Å². The van der Waals surface area contributed by atoms with Crippen LogP contribution in [0.5, 0.6) is 11.8 Å². The molecule has 3 aromatic rings. The van der Waals surface area contributed by atoms with Crippen LogP contribution in [0.2, 0.25) is 0 Å². The van der Waals surface area contributed by atoms with Gasteiger partial charge in [0.2, 0.25) is 10.0 Å². The third-order valence-electron chi connectivity index (χ3n) is 4.40. The summed E-state index contributed by atoms with van der Waals surface area (Å²) >= 11 is 0. The quantitative estimate of drug-likeness (QED) is 0.617. The first-order valence-corrected chi connectivity index (χ1v) is 10.9. The second kappa shape index (κ2) is 8.58. The van der Waals surface area contributed by atoms with Gasteiger partial charge in [-0.05, 0) is 38.5 Å². The van der Waals surface area contributed by atoms with Crippen molar-refractivity contribution in [1.29, 1.82) is 0 Å². The minimum Gasteiger partial charge on any atom is -0.426 e. The molecule has 3 rings (SSSR count). The molecule has 2 aromatic carbocycles. The number of rotatable bonds is 8. The maximum Gasteiger partial charge on any atom is 0.302 e. The summed E-state index contributed by atoms with van der Waals surface area (Å²) in [6.07, 6.45) is 1.66. The Bertz CT molecular complexity index is 1010. The van der Waals surface area contributed by atoms with Gasteiger partial charge in [0.15, 0.2) is 0 Å². The Labute approximate surface area is 166 Å². The summed E-state index contributed by atoms with van der Waals surface area (Å²) in [5, 5.41) is 0. The van der Waals surface area contributed by atoms with Crippen molar-refractivity contribution in [2.75, 3.05) is 0 Å². The molecule has 0 aliphatic heterocycles. The topological polar surface area (TPSA) is 73.2 Å². The predicted octanol–water partition coefficient (Wildman–Crippen LogP) is 4.18. The number of nitrogens with one attached hydrogen (secondary N) is 1. The Balaban J connectivity index is 1.75. The van der Waals surface area contributed by atoms with E-state index in [0.717, 1.165) is 16.8 Å². The highest BCUT2D eigenvalue weighted by atomic mass is 32.2. The number of aryl methyl sites for hydroxylation is 1. The van der Waals surface area contributed by atoms with Gasteiger partial charge in [-0.25, -0.2) is 18.1 Å². The van der Waals surface area contributed by atoms with Crippen molar-refractivity contribution >= 4 is 10.0 Å². The van der Waals surface area contributed by atoms with Crippen LogP contribution < -0.4 is 9.46 Å². The van der Waals surface area contributed by atoms with Crippen molar-refractivity contribution < 1.29 is 13.2 Å². The molecule has 0 aliphatic carbocycles. The van der Waals surface area contributed by atoms with Crippen LogP contribution in [-0.2, 0) is 22.3 Å². The second-order valence-electron chi connectivity index (χ2n) is 6.71. The van der Waals surface area contributed by atoms with E-state index < -0.39 is 16.1 Å². The number of nitrogens with zero attached hydrogens (tertiary/aromatic N) is 2. The van der Waals surface area contributed by atoms with Crippen LogP contribution in [0, 0.1) is 6.92 Å². The zero-order valence-electron chi connectivity index (χ0n) is 16.3. The molecule has 1 aromatic heterocycles. The minimum absolute atomic E-state index is 0.0643. The van der Waals surface area contributed by atoms with Crippen molar-refractivity contribution in [3.63, 3.8) is 0 Å². The fourth-order valence-electron chi connectivity index (χ4n) is 2.99. The maximum atomic E-state index is 12.5. The number of imidazole rings is 1. The number of ether oxygens (including phenoxy) is 1. The SMILES string of the molecule is CCn1c(C(C)NS(=O)(=O)Cc2ccccc2)cnc1Oc1ccc(C)cc1. The number of sulfonamides is 1. The van der Waals surface area contributed by atoms with Gasteiger partial charge < -0.3 is 4.74 Å². The summed E-state index contributed by atoms with van der Waals surface area (Å²) in [5.74, 6) is 0.625. The van der Waals surface area contributed by atoms with E-state index in [1.54, 1.807) is 25.3 Å². The molecule has 148 valence electrons. The summed E-state index contributed by atoms with van der Waals surface area (Å²) in [5.41, 5.74) is 2.64. The van der Waals surface area contributed by atoms with Crippen molar-refractivity contribution in [2.24, 2.45) is 0 Å². The molecule has 0 radical (unpaired) electrons. The molecule has 7 heteroatoms. The van der Waals surface area contributed by atoms with Gasteiger partial charge in [-0.1, -0.05) is 48.0 Å². The van der Waals surface area contributed by atoms with E-state index >= 15 is 0 Å². The Hall–Kier alpha value is -2.64. The molecule has 28 heavy (non-hydrogen) atoms. The molecule has 0 aliphatic rings. The molecule has 0 bridgehead atoms. The zero-order valence-corrected chi connectivity index (χ0v) is 17.1. The molecule has 1 atom stereocenters. The highest BCUT2D eigenvalue weighted by Gasteiger charge is 2.21. The van der Waals surface area contributed by atoms with Crippen LogP contribution >= 0.6 is 0 Å².